The van der Waals surface area contributed by atoms with Gasteiger partial charge in [0.1, 0.15) is 5.82 Å². The van der Waals surface area contributed by atoms with Gasteiger partial charge in [-0.15, -0.1) is 0 Å². The molecule has 3 rings (SSSR count). The van der Waals surface area contributed by atoms with E-state index in [0.717, 1.165) is 30.0 Å². The van der Waals surface area contributed by atoms with Gasteiger partial charge in [-0.3, -0.25) is 4.79 Å². The first kappa shape index (κ1) is 16.5. The van der Waals surface area contributed by atoms with Crippen LogP contribution in [-0.2, 0) is 9.53 Å². The molecule has 126 valence electrons. The summed E-state index contributed by atoms with van der Waals surface area (Å²) in [6, 6.07) is 9.99. The monoisotopic (exact) mass is 325 g/mol. The Bertz CT molecular complexity index is 707. The topological polar surface area (TPSA) is 63.2 Å². The number of carbonyl (C=O) groups excluding carboxylic acids is 1. The number of aryl methyl sites for hydroxylation is 2. The van der Waals surface area contributed by atoms with Crippen molar-refractivity contribution in [3.63, 3.8) is 0 Å². The number of ether oxygens (including phenoxy) is 1. The second-order valence-corrected chi connectivity index (χ2v) is 6.25. The van der Waals surface area contributed by atoms with Gasteiger partial charge < -0.3 is 15.4 Å². The molecular weight excluding hydrogens is 302 g/mol. The molecule has 1 aromatic heterocycles. The molecule has 24 heavy (non-hydrogen) atoms. The lowest BCUT2D eigenvalue weighted by molar-refractivity contribution is -0.122. The molecule has 5 nitrogen and oxygen atoms in total. The highest BCUT2D eigenvalue weighted by Crippen LogP contribution is 2.22. The summed E-state index contributed by atoms with van der Waals surface area (Å²) in [6.45, 7) is 5.47. The molecule has 2 heterocycles. The first-order valence-electron chi connectivity index (χ1n) is 8.31. The smallest absolute Gasteiger partial charge is 0.227 e. The zero-order chi connectivity index (χ0) is 16.9. The van der Waals surface area contributed by atoms with E-state index < -0.39 is 0 Å². The van der Waals surface area contributed by atoms with Crippen molar-refractivity contribution in [1.82, 2.24) is 4.98 Å². The van der Waals surface area contributed by atoms with E-state index in [4.69, 9.17) is 4.74 Å². The summed E-state index contributed by atoms with van der Waals surface area (Å²) < 4.78 is 5.29. The summed E-state index contributed by atoms with van der Waals surface area (Å²) in [5.74, 6) is 0.841. The highest BCUT2D eigenvalue weighted by Gasteiger charge is 2.21. The third-order valence-corrected chi connectivity index (χ3v) is 4.27. The molecule has 0 bridgehead atoms. The number of nitrogens with one attached hydrogen (secondary N) is 2. The summed E-state index contributed by atoms with van der Waals surface area (Å²) in [5, 5.41) is 6.24. The fourth-order valence-electron chi connectivity index (χ4n) is 2.84. The van der Waals surface area contributed by atoms with Crippen LogP contribution < -0.4 is 10.6 Å². The molecule has 1 saturated heterocycles. The summed E-state index contributed by atoms with van der Waals surface area (Å²) in [5.41, 5.74) is 4.16. The van der Waals surface area contributed by atoms with E-state index in [-0.39, 0.29) is 11.8 Å². The number of nitrogens with zero attached hydrogens (tertiary/aromatic N) is 1. The number of carbonyl (C=O) groups is 1. The lowest BCUT2D eigenvalue weighted by Crippen LogP contribution is -2.28. The van der Waals surface area contributed by atoms with Crippen LogP contribution in [0.5, 0.6) is 0 Å². The van der Waals surface area contributed by atoms with Gasteiger partial charge >= 0.3 is 0 Å². The number of hydrogen-bond donors (Lipinski definition) is 2. The van der Waals surface area contributed by atoms with Gasteiger partial charge in [0, 0.05) is 24.8 Å². The molecule has 0 aliphatic carbocycles. The predicted octanol–water partition coefficient (Wildman–Crippen LogP) is 3.81. The molecule has 1 fully saturated rings. The molecule has 0 spiro atoms. The van der Waals surface area contributed by atoms with Crippen LogP contribution in [0.1, 0.15) is 24.0 Å². The normalized spacial score (nSPS) is 15.1. The van der Waals surface area contributed by atoms with Crippen molar-refractivity contribution in [3.8, 4) is 0 Å². The molecule has 0 unspecified atom stereocenters. The first-order valence-corrected chi connectivity index (χ1v) is 8.31. The summed E-state index contributed by atoms with van der Waals surface area (Å²) in [4.78, 5) is 16.6. The summed E-state index contributed by atoms with van der Waals surface area (Å²) >= 11 is 0. The molecule has 0 atom stereocenters. The Labute approximate surface area is 142 Å². The van der Waals surface area contributed by atoms with Crippen molar-refractivity contribution < 1.29 is 9.53 Å². The van der Waals surface area contributed by atoms with Gasteiger partial charge in [-0.25, -0.2) is 4.98 Å². The SMILES string of the molecule is Cc1ccc(Nc2ccc(NC(=O)C3CCOCC3)cn2)c(C)c1. The molecule has 1 aliphatic heterocycles. The number of anilines is 3. The number of aromatic nitrogens is 1. The predicted molar refractivity (Wildman–Crippen MR) is 95.6 cm³/mol. The highest BCUT2D eigenvalue weighted by molar-refractivity contribution is 5.92. The van der Waals surface area contributed by atoms with Crippen LogP contribution in [0.3, 0.4) is 0 Å². The number of pyridine rings is 1. The average molecular weight is 325 g/mol. The summed E-state index contributed by atoms with van der Waals surface area (Å²) in [6.07, 6.45) is 3.25. The van der Waals surface area contributed by atoms with Crippen molar-refractivity contribution >= 4 is 23.1 Å². The van der Waals surface area contributed by atoms with Crippen LogP contribution in [0.25, 0.3) is 0 Å². The summed E-state index contributed by atoms with van der Waals surface area (Å²) in [7, 11) is 0. The maximum Gasteiger partial charge on any atom is 0.227 e. The molecular formula is C19H23N3O2. The van der Waals surface area contributed by atoms with Crippen LogP contribution in [0.4, 0.5) is 17.2 Å². The van der Waals surface area contributed by atoms with E-state index in [1.807, 2.05) is 18.2 Å². The first-order chi connectivity index (χ1) is 11.6. The van der Waals surface area contributed by atoms with E-state index in [0.29, 0.717) is 13.2 Å². The van der Waals surface area contributed by atoms with Crippen molar-refractivity contribution in [2.45, 2.75) is 26.7 Å². The van der Waals surface area contributed by atoms with E-state index in [1.54, 1.807) is 6.20 Å². The minimum Gasteiger partial charge on any atom is -0.381 e. The molecule has 2 N–H and O–H groups in total. The maximum absolute atomic E-state index is 12.2. The molecule has 0 saturated carbocycles. The lowest BCUT2D eigenvalue weighted by atomic mass is 9.99. The molecule has 1 aliphatic rings. The minimum atomic E-state index is 0.0340. The largest absolute Gasteiger partial charge is 0.381 e. The number of amides is 1. The Morgan fingerprint density at radius 3 is 2.62 bits per heavy atom. The second-order valence-electron chi connectivity index (χ2n) is 6.25. The van der Waals surface area contributed by atoms with Gasteiger partial charge in [0.25, 0.3) is 0 Å². The zero-order valence-corrected chi connectivity index (χ0v) is 14.1. The van der Waals surface area contributed by atoms with Crippen molar-refractivity contribution in [1.29, 1.82) is 0 Å². The van der Waals surface area contributed by atoms with Gasteiger partial charge in [0.2, 0.25) is 5.91 Å². The molecule has 1 amide bonds. The number of benzene rings is 1. The van der Waals surface area contributed by atoms with Gasteiger partial charge in [-0.05, 0) is 50.5 Å². The molecule has 1 aromatic carbocycles. The third kappa shape index (κ3) is 4.11. The number of hydrogen-bond acceptors (Lipinski definition) is 4. The third-order valence-electron chi connectivity index (χ3n) is 4.27. The van der Waals surface area contributed by atoms with Gasteiger partial charge in [-0.2, -0.15) is 0 Å². The van der Waals surface area contributed by atoms with Crippen LogP contribution in [0, 0.1) is 19.8 Å². The Morgan fingerprint density at radius 1 is 1.17 bits per heavy atom. The van der Waals surface area contributed by atoms with Gasteiger partial charge in [0.15, 0.2) is 0 Å². The van der Waals surface area contributed by atoms with E-state index in [2.05, 4.69) is 41.6 Å². The van der Waals surface area contributed by atoms with E-state index in [1.165, 1.54) is 11.1 Å². The van der Waals surface area contributed by atoms with Crippen LogP contribution in [0.15, 0.2) is 36.5 Å². The Morgan fingerprint density at radius 2 is 1.96 bits per heavy atom. The molecule has 5 heteroatoms. The van der Waals surface area contributed by atoms with Crippen molar-refractivity contribution in [2.75, 3.05) is 23.8 Å². The van der Waals surface area contributed by atoms with Gasteiger partial charge in [0.05, 0.1) is 11.9 Å². The molecule has 0 radical (unpaired) electrons. The lowest BCUT2D eigenvalue weighted by Gasteiger charge is -2.21. The van der Waals surface area contributed by atoms with Crippen LogP contribution in [-0.4, -0.2) is 24.1 Å². The van der Waals surface area contributed by atoms with Crippen LogP contribution >= 0.6 is 0 Å². The zero-order valence-electron chi connectivity index (χ0n) is 14.1. The standard InChI is InChI=1S/C19H23N3O2/c1-13-3-5-17(14(2)11-13)22-18-6-4-16(12-20-18)21-19(23)15-7-9-24-10-8-15/h3-6,11-12,15H,7-10H2,1-2H3,(H,20,22)(H,21,23). The highest BCUT2D eigenvalue weighted by atomic mass is 16.5. The second kappa shape index (κ2) is 7.45. The Hall–Kier alpha value is -2.40. The Balaban J connectivity index is 1.61. The van der Waals surface area contributed by atoms with Crippen molar-refractivity contribution in [2.24, 2.45) is 5.92 Å². The van der Waals surface area contributed by atoms with Crippen LogP contribution in [0.2, 0.25) is 0 Å². The average Bonchev–Trinajstić information content (AvgIpc) is 2.60. The maximum atomic E-state index is 12.2. The fourth-order valence-corrected chi connectivity index (χ4v) is 2.84. The quantitative estimate of drug-likeness (QED) is 0.897. The van der Waals surface area contributed by atoms with E-state index in [9.17, 15) is 4.79 Å². The number of rotatable bonds is 4. The molecule has 2 aromatic rings. The Kier molecular flexibility index (Phi) is 5.11. The minimum absolute atomic E-state index is 0.0340. The van der Waals surface area contributed by atoms with Crippen molar-refractivity contribution in [3.05, 3.63) is 47.7 Å². The van der Waals surface area contributed by atoms with Gasteiger partial charge in [-0.1, -0.05) is 17.7 Å². The van der Waals surface area contributed by atoms with E-state index >= 15 is 0 Å². The fraction of sp³-hybridized carbons (Fsp3) is 0.368.